The molecule has 0 aliphatic carbocycles. The molecule has 0 aliphatic rings. The SMILES string of the molecule is c1ccc(-c2cccc(-n3c4ccccc4c4ccc5c(ccn5-c5ccccc5)c43)n2)cc1. The maximum absolute atomic E-state index is 5.11. The first kappa shape index (κ1) is 18.9. The number of aromatic nitrogens is 3. The Labute approximate surface area is 197 Å². The first-order valence-electron chi connectivity index (χ1n) is 11.5. The third-order valence-corrected chi connectivity index (χ3v) is 6.57. The lowest BCUT2D eigenvalue weighted by Gasteiger charge is -2.10. The molecule has 0 saturated heterocycles. The Kier molecular flexibility index (Phi) is 4.15. The Hall–Kier alpha value is -4.63. The number of pyridine rings is 1. The molecule has 0 N–H and O–H groups in total. The molecule has 4 aromatic carbocycles. The number of para-hydroxylation sites is 2. The van der Waals surface area contributed by atoms with Gasteiger partial charge in [-0.2, -0.15) is 0 Å². The van der Waals surface area contributed by atoms with E-state index in [1.54, 1.807) is 0 Å². The van der Waals surface area contributed by atoms with E-state index in [-0.39, 0.29) is 0 Å². The number of hydrogen-bond acceptors (Lipinski definition) is 1. The van der Waals surface area contributed by atoms with Gasteiger partial charge in [-0.1, -0.05) is 78.9 Å². The largest absolute Gasteiger partial charge is 0.316 e. The molecule has 3 nitrogen and oxygen atoms in total. The van der Waals surface area contributed by atoms with Crippen molar-refractivity contribution in [1.29, 1.82) is 0 Å². The van der Waals surface area contributed by atoms with Crippen molar-refractivity contribution in [2.75, 3.05) is 0 Å². The highest BCUT2D eigenvalue weighted by Gasteiger charge is 2.17. The van der Waals surface area contributed by atoms with Crippen LogP contribution in [-0.4, -0.2) is 14.1 Å². The maximum atomic E-state index is 5.11. The number of rotatable bonds is 3. The van der Waals surface area contributed by atoms with E-state index in [0.717, 1.165) is 28.3 Å². The van der Waals surface area contributed by atoms with Crippen LogP contribution in [0.15, 0.2) is 128 Å². The fourth-order valence-electron chi connectivity index (χ4n) is 5.05. The summed E-state index contributed by atoms with van der Waals surface area (Å²) in [5.74, 6) is 0.924. The van der Waals surface area contributed by atoms with Gasteiger partial charge in [0.15, 0.2) is 0 Å². The summed E-state index contributed by atoms with van der Waals surface area (Å²) in [5.41, 5.74) is 6.77. The molecule has 3 aromatic heterocycles. The van der Waals surface area contributed by atoms with E-state index in [1.165, 1.54) is 27.2 Å². The lowest BCUT2D eigenvalue weighted by Crippen LogP contribution is -1.99. The molecule has 0 amide bonds. The van der Waals surface area contributed by atoms with E-state index in [0.29, 0.717) is 0 Å². The third kappa shape index (κ3) is 2.81. The lowest BCUT2D eigenvalue weighted by molar-refractivity contribution is 1.09. The Morgan fingerprint density at radius 3 is 2.12 bits per heavy atom. The molecule has 0 saturated carbocycles. The standard InChI is InChI=1S/C31H21N3/c1-3-10-22(11-4-1)27-15-9-17-30(32-27)34-29-16-8-7-14-24(29)25-18-19-28-26(31(25)34)20-21-33(28)23-12-5-2-6-13-23/h1-21H. The van der Waals surface area contributed by atoms with E-state index in [1.807, 2.05) is 6.07 Å². The first-order valence-corrected chi connectivity index (χ1v) is 11.5. The zero-order valence-electron chi connectivity index (χ0n) is 18.5. The Balaban J connectivity index is 1.56. The summed E-state index contributed by atoms with van der Waals surface area (Å²) in [6, 6.07) is 42.4. The van der Waals surface area contributed by atoms with E-state index < -0.39 is 0 Å². The van der Waals surface area contributed by atoms with Crippen molar-refractivity contribution in [3.05, 3.63) is 128 Å². The first-order chi connectivity index (χ1) is 16.9. The fourth-order valence-corrected chi connectivity index (χ4v) is 5.05. The van der Waals surface area contributed by atoms with Gasteiger partial charge < -0.3 is 4.57 Å². The van der Waals surface area contributed by atoms with E-state index in [2.05, 4.69) is 131 Å². The second-order valence-electron chi connectivity index (χ2n) is 8.52. The van der Waals surface area contributed by atoms with Gasteiger partial charge in [0.25, 0.3) is 0 Å². The number of hydrogen-bond donors (Lipinski definition) is 0. The summed E-state index contributed by atoms with van der Waals surface area (Å²) in [7, 11) is 0. The maximum Gasteiger partial charge on any atom is 0.138 e. The van der Waals surface area contributed by atoms with E-state index in [9.17, 15) is 0 Å². The molecule has 0 radical (unpaired) electrons. The molecule has 0 bridgehead atoms. The van der Waals surface area contributed by atoms with Gasteiger partial charge in [-0.3, -0.25) is 4.57 Å². The zero-order chi connectivity index (χ0) is 22.5. The van der Waals surface area contributed by atoms with Crippen LogP contribution < -0.4 is 0 Å². The number of nitrogens with zero attached hydrogens (tertiary/aromatic N) is 3. The van der Waals surface area contributed by atoms with Gasteiger partial charge in [-0.25, -0.2) is 4.98 Å². The summed E-state index contributed by atoms with van der Waals surface area (Å²) in [6.45, 7) is 0. The molecule has 0 aliphatic heterocycles. The highest BCUT2D eigenvalue weighted by molar-refractivity contribution is 6.18. The smallest absolute Gasteiger partial charge is 0.138 e. The van der Waals surface area contributed by atoms with Crippen LogP contribution in [0.3, 0.4) is 0 Å². The van der Waals surface area contributed by atoms with E-state index in [4.69, 9.17) is 4.98 Å². The molecule has 0 unspecified atom stereocenters. The molecule has 3 heterocycles. The molecule has 34 heavy (non-hydrogen) atoms. The Morgan fingerprint density at radius 1 is 0.500 bits per heavy atom. The van der Waals surface area contributed by atoms with Gasteiger partial charge in [0.2, 0.25) is 0 Å². The van der Waals surface area contributed by atoms with Crippen LogP contribution in [0.2, 0.25) is 0 Å². The molecule has 0 spiro atoms. The predicted molar refractivity (Wildman–Crippen MR) is 141 cm³/mol. The summed E-state index contributed by atoms with van der Waals surface area (Å²) in [5, 5.41) is 3.68. The minimum absolute atomic E-state index is 0.924. The van der Waals surface area contributed by atoms with Gasteiger partial charge in [0.1, 0.15) is 5.82 Å². The molecular formula is C31H21N3. The molecule has 7 rings (SSSR count). The van der Waals surface area contributed by atoms with Gasteiger partial charge in [0, 0.05) is 33.6 Å². The van der Waals surface area contributed by atoms with Gasteiger partial charge in [0.05, 0.1) is 22.2 Å². The van der Waals surface area contributed by atoms with Crippen molar-refractivity contribution >= 4 is 32.7 Å². The number of benzene rings is 4. The fraction of sp³-hybridized carbons (Fsp3) is 0. The molecular weight excluding hydrogens is 414 g/mol. The topological polar surface area (TPSA) is 22.8 Å². The number of fused-ring (bicyclic) bond motifs is 5. The summed E-state index contributed by atoms with van der Waals surface area (Å²) in [4.78, 5) is 5.11. The molecule has 0 fully saturated rings. The highest BCUT2D eigenvalue weighted by atomic mass is 15.1. The molecule has 7 aromatic rings. The summed E-state index contributed by atoms with van der Waals surface area (Å²) in [6.07, 6.45) is 2.16. The van der Waals surface area contributed by atoms with Crippen LogP contribution in [-0.2, 0) is 0 Å². The van der Waals surface area contributed by atoms with Crippen molar-refractivity contribution in [3.8, 4) is 22.8 Å². The third-order valence-electron chi connectivity index (χ3n) is 6.57. The quantitative estimate of drug-likeness (QED) is 0.278. The van der Waals surface area contributed by atoms with Crippen molar-refractivity contribution in [2.24, 2.45) is 0 Å². The van der Waals surface area contributed by atoms with Crippen molar-refractivity contribution in [3.63, 3.8) is 0 Å². The van der Waals surface area contributed by atoms with Crippen LogP contribution in [0, 0.1) is 0 Å². The zero-order valence-corrected chi connectivity index (χ0v) is 18.5. The van der Waals surface area contributed by atoms with Crippen molar-refractivity contribution < 1.29 is 0 Å². The highest BCUT2D eigenvalue weighted by Crippen LogP contribution is 2.37. The van der Waals surface area contributed by atoms with Crippen LogP contribution in [0.5, 0.6) is 0 Å². The van der Waals surface area contributed by atoms with Crippen LogP contribution in [0.1, 0.15) is 0 Å². The molecule has 3 heteroatoms. The van der Waals surface area contributed by atoms with Crippen LogP contribution in [0.25, 0.3) is 55.5 Å². The summed E-state index contributed by atoms with van der Waals surface area (Å²) < 4.78 is 4.57. The van der Waals surface area contributed by atoms with Gasteiger partial charge in [-0.15, -0.1) is 0 Å². The van der Waals surface area contributed by atoms with Crippen LogP contribution in [0.4, 0.5) is 0 Å². The normalized spacial score (nSPS) is 11.5. The lowest BCUT2D eigenvalue weighted by atomic mass is 10.1. The summed E-state index contributed by atoms with van der Waals surface area (Å²) >= 11 is 0. The molecule has 160 valence electrons. The van der Waals surface area contributed by atoms with Crippen molar-refractivity contribution in [2.45, 2.75) is 0 Å². The average Bonchev–Trinajstić information content (AvgIpc) is 3.49. The van der Waals surface area contributed by atoms with Gasteiger partial charge in [-0.05, 0) is 42.5 Å². The average molecular weight is 436 g/mol. The Morgan fingerprint density at radius 2 is 1.26 bits per heavy atom. The van der Waals surface area contributed by atoms with E-state index >= 15 is 0 Å². The van der Waals surface area contributed by atoms with Gasteiger partial charge >= 0.3 is 0 Å². The predicted octanol–water partition coefficient (Wildman–Crippen LogP) is 7.79. The second-order valence-corrected chi connectivity index (χ2v) is 8.52. The second kappa shape index (κ2) is 7.46. The Bertz CT molecular complexity index is 1790. The minimum Gasteiger partial charge on any atom is -0.316 e. The van der Waals surface area contributed by atoms with Crippen LogP contribution >= 0.6 is 0 Å². The minimum atomic E-state index is 0.924. The van der Waals surface area contributed by atoms with Crippen molar-refractivity contribution in [1.82, 2.24) is 14.1 Å². The monoisotopic (exact) mass is 435 g/mol. The molecule has 0 atom stereocenters.